The van der Waals surface area contributed by atoms with Crippen molar-refractivity contribution in [3.63, 3.8) is 0 Å². The highest BCUT2D eigenvalue weighted by Gasteiger charge is 2.34. The number of pyridine rings is 2. The molecule has 0 aliphatic heterocycles. The van der Waals surface area contributed by atoms with Crippen molar-refractivity contribution in [2.24, 2.45) is 5.73 Å². The number of nitrogens with two attached hydrogens (primary N) is 1. The van der Waals surface area contributed by atoms with Gasteiger partial charge in [0.25, 0.3) is 0 Å². The number of benzene rings is 2. The van der Waals surface area contributed by atoms with Gasteiger partial charge in [-0.3, -0.25) is 4.40 Å². The molecule has 3 heterocycles. The second-order valence-corrected chi connectivity index (χ2v) is 8.15. The van der Waals surface area contributed by atoms with E-state index in [1.165, 1.54) is 12.0 Å². The van der Waals surface area contributed by atoms with E-state index in [9.17, 15) is 0 Å². The highest BCUT2D eigenvalue weighted by atomic mass is 35.5. The van der Waals surface area contributed by atoms with Crippen LogP contribution in [0.15, 0.2) is 79.3 Å². The average Bonchev–Trinajstić information content (AvgIpc) is 3.27. The molecule has 0 saturated heterocycles. The molecule has 3 aromatic heterocycles. The molecule has 0 radical (unpaired) electrons. The fourth-order valence-electron chi connectivity index (χ4n) is 4.39. The molecule has 1 fully saturated rings. The SMILES string of the molecule is Cl.NC1(c2ccc(-c3nc4ccn5cnnc5c4cc3-c3ccccc3)cc2)CCC1. The summed E-state index contributed by atoms with van der Waals surface area (Å²) in [4.78, 5) is 5.07. The Labute approximate surface area is 186 Å². The van der Waals surface area contributed by atoms with Crippen LogP contribution in [0.25, 0.3) is 38.9 Å². The van der Waals surface area contributed by atoms with Gasteiger partial charge in [0.15, 0.2) is 5.65 Å². The summed E-state index contributed by atoms with van der Waals surface area (Å²) in [6.45, 7) is 0. The fraction of sp³-hybridized carbons (Fsp3) is 0.160. The van der Waals surface area contributed by atoms with Crippen LogP contribution in [0.1, 0.15) is 24.8 Å². The van der Waals surface area contributed by atoms with Crippen LogP contribution in [0.5, 0.6) is 0 Å². The first-order valence-electron chi connectivity index (χ1n) is 10.3. The van der Waals surface area contributed by atoms with Gasteiger partial charge in [-0.25, -0.2) is 4.98 Å². The van der Waals surface area contributed by atoms with E-state index >= 15 is 0 Å². The second-order valence-electron chi connectivity index (χ2n) is 8.15. The number of aromatic nitrogens is 4. The van der Waals surface area contributed by atoms with Gasteiger partial charge in [-0.2, -0.15) is 0 Å². The fourth-order valence-corrected chi connectivity index (χ4v) is 4.39. The zero-order valence-electron chi connectivity index (χ0n) is 16.9. The van der Waals surface area contributed by atoms with Gasteiger partial charge < -0.3 is 5.73 Å². The average molecular weight is 428 g/mol. The zero-order chi connectivity index (χ0) is 20.1. The Bertz CT molecular complexity index is 1370. The molecule has 6 rings (SSSR count). The van der Waals surface area contributed by atoms with Crippen LogP contribution in [0.2, 0.25) is 0 Å². The van der Waals surface area contributed by atoms with Crippen LogP contribution in [-0.4, -0.2) is 19.6 Å². The molecule has 31 heavy (non-hydrogen) atoms. The maximum Gasteiger partial charge on any atom is 0.170 e. The standard InChI is InChI=1S/C25H21N5.ClH/c26-25(12-4-13-25)19-9-7-18(8-10-19)23-20(17-5-2-1-3-6-17)15-21-22(28-23)11-14-30-16-27-29-24(21)30;/h1-3,5-11,14-16H,4,12-13,26H2;1H. The van der Waals surface area contributed by atoms with Crippen molar-refractivity contribution in [2.75, 3.05) is 0 Å². The summed E-state index contributed by atoms with van der Waals surface area (Å²) < 4.78 is 1.92. The largest absolute Gasteiger partial charge is 0.321 e. The van der Waals surface area contributed by atoms with Crippen molar-refractivity contribution in [3.8, 4) is 22.4 Å². The molecule has 1 saturated carbocycles. The number of fused-ring (bicyclic) bond motifs is 3. The maximum absolute atomic E-state index is 6.52. The lowest BCUT2D eigenvalue weighted by atomic mass is 9.72. The van der Waals surface area contributed by atoms with Crippen LogP contribution >= 0.6 is 12.4 Å². The molecule has 154 valence electrons. The van der Waals surface area contributed by atoms with Crippen LogP contribution in [0, 0.1) is 0 Å². The van der Waals surface area contributed by atoms with Crippen LogP contribution in [0.3, 0.4) is 0 Å². The summed E-state index contributed by atoms with van der Waals surface area (Å²) in [5.74, 6) is 0. The van der Waals surface area contributed by atoms with Crippen molar-refractivity contribution >= 4 is 29.0 Å². The number of hydrogen-bond acceptors (Lipinski definition) is 4. The second kappa shape index (κ2) is 7.45. The predicted molar refractivity (Wildman–Crippen MR) is 126 cm³/mol. The number of halogens is 1. The van der Waals surface area contributed by atoms with Gasteiger partial charge in [-0.15, -0.1) is 22.6 Å². The minimum absolute atomic E-state index is 0. The van der Waals surface area contributed by atoms with Crippen LogP contribution in [0.4, 0.5) is 0 Å². The Morgan fingerprint density at radius 3 is 2.39 bits per heavy atom. The van der Waals surface area contributed by atoms with E-state index in [1.54, 1.807) is 6.33 Å². The number of rotatable bonds is 3. The number of hydrogen-bond donors (Lipinski definition) is 1. The third kappa shape index (κ3) is 3.17. The Morgan fingerprint density at radius 2 is 1.68 bits per heavy atom. The third-order valence-electron chi connectivity index (χ3n) is 6.32. The molecular formula is C25H22ClN5. The third-order valence-corrected chi connectivity index (χ3v) is 6.32. The minimum atomic E-state index is -0.156. The Morgan fingerprint density at radius 1 is 0.903 bits per heavy atom. The van der Waals surface area contributed by atoms with Crippen LogP contribution in [-0.2, 0) is 5.54 Å². The van der Waals surface area contributed by atoms with Gasteiger partial charge in [0.05, 0.1) is 11.2 Å². The topological polar surface area (TPSA) is 69.1 Å². The van der Waals surface area contributed by atoms with Gasteiger partial charge >= 0.3 is 0 Å². The molecule has 0 bridgehead atoms. The molecule has 0 spiro atoms. The summed E-state index contributed by atoms with van der Waals surface area (Å²) in [7, 11) is 0. The molecule has 2 N–H and O–H groups in total. The first-order chi connectivity index (χ1) is 14.7. The lowest BCUT2D eigenvalue weighted by molar-refractivity contribution is 0.253. The highest BCUT2D eigenvalue weighted by Crippen LogP contribution is 2.40. The van der Waals surface area contributed by atoms with E-state index in [4.69, 9.17) is 10.7 Å². The van der Waals surface area contributed by atoms with Gasteiger partial charge in [0, 0.05) is 28.2 Å². The van der Waals surface area contributed by atoms with Gasteiger partial charge in [-0.05, 0) is 42.5 Å². The van der Waals surface area contributed by atoms with Crippen molar-refractivity contribution in [1.82, 2.24) is 19.6 Å². The molecule has 0 unspecified atom stereocenters. The van der Waals surface area contributed by atoms with Gasteiger partial charge in [0.1, 0.15) is 6.33 Å². The molecule has 5 aromatic rings. The quantitative estimate of drug-likeness (QED) is 0.420. The molecule has 1 aliphatic rings. The van der Waals surface area contributed by atoms with Crippen molar-refractivity contribution in [3.05, 3.63) is 84.8 Å². The monoisotopic (exact) mass is 427 g/mol. The maximum atomic E-state index is 6.52. The Balaban J connectivity index is 0.00000204. The van der Waals surface area contributed by atoms with Crippen LogP contribution < -0.4 is 5.73 Å². The summed E-state index contributed by atoms with van der Waals surface area (Å²) in [5.41, 5.74) is 13.6. The van der Waals surface area contributed by atoms with Crippen molar-refractivity contribution in [1.29, 1.82) is 0 Å². The number of nitrogens with zero attached hydrogens (tertiary/aromatic N) is 4. The Kier molecular flexibility index (Phi) is 4.73. The molecule has 2 aromatic carbocycles. The van der Waals surface area contributed by atoms with E-state index in [0.717, 1.165) is 51.8 Å². The lowest BCUT2D eigenvalue weighted by Gasteiger charge is -2.38. The smallest absolute Gasteiger partial charge is 0.170 e. The normalized spacial score (nSPS) is 14.9. The predicted octanol–water partition coefficient (Wildman–Crippen LogP) is 5.37. The van der Waals surface area contributed by atoms with Gasteiger partial charge in [0.2, 0.25) is 0 Å². The van der Waals surface area contributed by atoms with E-state index in [0.29, 0.717) is 0 Å². The first-order valence-corrected chi connectivity index (χ1v) is 10.3. The van der Waals surface area contributed by atoms with Crippen molar-refractivity contribution < 1.29 is 0 Å². The van der Waals surface area contributed by atoms with E-state index in [2.05, 4.69) is 64.8 Å². The van der Waals surface area contributed by atoms with E-state index in [1.807, 2.05) is 22.7 Å². The zero-order valence-corrected chi connectivity index (χ0v) is 17.7. The minimum Gasteiger partial charge on any atom is -0.321 e. The highest BCUT2D eigenvalue weighted by molar-refractivity contribution is 5.98. The van der Waals surface area contributed by atoms with E-state index in [-0.39, 0.29) is 17.9 Å². The molecule has 6 heteroatoms. The summed E-state index contributed by atoms with van der Waals surface area (Å²) >= 11 is 0. The van der Waals surface area contributed by atoms with E-state index < -0.39 is 0 Å². The molecule has 5 nitrogen and oxygen atoms in total. The molecule has 1 aliphatic carbocycles. The first kappa shape index (κ1) is 19.7. The summed E-state index contributed by atoms with van der Waals surface area (Å²) in [6.07, 6.45) is 7.00. The van der Waals surface area contributed by atoms with Crippen molar-refractivity contribution in [2.45, 2.75) is 24.8 Å². The molecular weight excluding hydrogens is 406 g/mol. The molecule has 0 amide bonds. The lowest BCUT2D eigenvalue weighted by Crippen LogP contribution is -2.43. The van der Waals surface area contributed by atoms with Gasteiger partial charge in [-0.1, -0.05) is 54.6 Å². The molecule has 0 atom stereocenters. The summed E-state index contributed by atoms with van der Waals surface area (Å²) in [5, 5.41) is 9.34. The summed E-state index contributed by atoms with van der Waals surface area (Å²) in [6, 6.07) is 23.2. The Hall–Kier alpha value is -3.28.